The second kappa shape index (κ2) is 9.59. The molecule has 1 aliphatic rings. The van der Waals surface area contributed by atoms with E-state index in [9.17, 15) is 8.78 Å². The molecule has 0 bridgehead atoms. The van der Waals surface area contributed by atoms with Crippen LogP contribution in [-0.4, -0.2) is 34.6 Å². The number of hydrogen-bond donors (Lipinski definition) is 0. The van der Waals surface area contributed by atoms with Crippen molar-refractivity contribution >= 4 is 5.95 Å². The first-order valence-corrected chi connectivity index (χ1v) is 11.1. The minimum absolute atomic E-state index is 0.225. The highest BCUT2D eigenvalue weighted by atomic mass is 19.1. The number of halogens is 2. The van der Waals surface area contributed by atoms with Crippen LogP contribution in [0.3, 0.4) is 0 Å². The summed E-state index contributed by atoms with van der Waals surface area (Å²) >= 11 is 0. The molecule has 0 amide bonds. The minimum atomic E-state index is -0.693. The second-order valence-corrected chi connectivity index (χ2v) is 8.34. The number of piperidine rings is 1. The van der Waals surface area contributed by atoms with Gasteiger partial charge in [-0.25, -0.2) is 18.7 Å². The van der Waals surface area contributed by atoms with Crippen LogP contribution in [0.15, 0.2) is 36.7 Å². The third-order valence-corrected chi connectivity index (χ3v) is 6.00. The molecular weight excluding hydrogens is 410 g/mol. The van der Waals surface area contributed by atoms with Crippen molar-refractivity contribution < 1.29 is 13.5 Å². The third kappa shape index (κ3) is 4.87. The lowest BCUT2D eigenvalue weighted by atomic mass is 9.98. The van der Waals surface area contributed by atoms with Crippen molar-refractivity contribution in [2.45, 2.75) is 40.0 Å². The van der Waals surface area contributed by atoms with E-state index in [4.69, 9.17) is 4.74 Å². The Morgan fingerprint density at radius 1 is 1.03 bits per heavy atom. The highest BCUT2D eigenvalue weighted by Gasteiger charge is 2.23. The molecule has 7 heteroatoms. The predicted molar refractivity (Wildman–Crippen MR) is 121 cm³/mol. The summed E-state index contributed by atoms with van der Waals surface area (Å²) in [6.07, 6.45) is 6.35. The molecule has 0 spiro atoms. The van der Waals surface area contributed by atoms with Gasteiger partial charge in [0.1, 0.15) is 0 Å². The Hall–Kier alpha value is -3.09. The van der Waals surface area contributed by atoms with E-state index >= 15 is 0 Å². The molecule has 0 unspecified atom stereocenters. The molecule has 1 fully saturated rings. The van der Waals surface area contributed by atoms with Crippen molar-refractivity contribution in [3.63, 3.8) is 0 Å². The lowest BCUT2D eigenvalue weighted by Gasteiger charge is -2.31. The van der Waals surface area contributed by atoms with Gasteiger partial charge >= 0.3 is 0 Å². The Bertz CT molecular complexity index is 1060. The number of aryl methyl sites for hydroxylation is 3. The molecule has 0 N–H and O–H groups in total. The molecular formula is C25H28F2N4O. The number of rotatable bonds is 6. The van der Waals surface area contributed by atoms with Gasteiger partial charge in [0.15, 0.2) is 17.4 Å². The standard InChI is InChI=1S/C25H28F2N4O/c1-4-18-13-28-25(29-14-18)31-9-7-19(8-10-31)15-32-24-22(26)11-20(12-23(24)27)21-6-5-16(2)30-17(21)3/h5-6,11-14,19H,4,7-10,15H2,1-3H3. The van der Waals surface area contributed by atoms with Gasteiger partial charge in [0.25, 0.3) is 0 Å². The summed E-state index contributed by atoms with van der Waals surface area (Å²) in [4.78, 5) is 15.4. The maximum atomic E-state index is 14.7. The van der Waals surface area contributed by atoms with Crippen LogP contribution in [0.5, 0.6) is 5.75 Å². The highest BCUT2D eigenvalue weighted by molar-refractivity contribution is 5.67. The number of aromatic nitrogens is 3. The summed E-state index contributed by atoms with van der Waals surface area (Å²) in [7, 11) is 0. The van der Waals surface area contributed by atoms with E-state index in [1.165, 1.54) is 12.1 Å². The second-order valence-electron chi connectivity index (χ2n) is 8.34. The van der Waals surface area contributed by atoms with Gasteiger partial charge in [-0.2, -0.15) is 0 Å². The quantitative estimate of drug-likeness (QED) is 0.523. The predicted octanol–water partition coefficient (Wildman–Crippen LogP) is 5.29. The van der Waals surface area contributed by atoms with Crippen LogP contribution in [-0.2, 0) is 6.42 Å². The van der Waals surface area contributed by atoms with Crippen molar-refractivity contribution in [1.82, 2.24) is 15.0 Å². The summed E-state index contributed by atoms with van der Waals surface area (Å²) < 4.78 is 35.0. The molecule has 32 heavy (non-hydrogen) atoms. The third-order valence-electron chi connectivity index (χ3n) is 6.00. The van der Waals surface area contributed by atoms with E-state index in [2.05, 4.69) is 26.8 Å². The fourth-order valence-corrected chi connectivity index (χ4v) is 4.04. The van der Waals surface area contributed by atoms with Crippen LogP contribution in [0.2, 0.25) is 0 Å². The molecule has 168 valence electrons. The average molecular weight is 439 g/mol. The van der Waals surface area contributed by atoms with Gasteiger partial charge < -0.3 is 9.64 Å². The van der Waals surface area contributed by atoms with Crippen molar-refractivity contribution in [2.75, 3.05) is 24.6 Å². The van der Waals surface area contributed by atoms with Gasteiger partial charge in [0, 0.05) is 42.4 Å². The van der Waals surface area contributed by atoms with Crippen LogP contribution in [0, 0.1) is 31.4 Å². The molecule has 1 saturated heterocycles. The van der Waals surface area contributed by atoms with Crippen LogP contribution in [0.4, 0.5) is 14.7 Å². The number of benzene rings is 1. The zero-order chi connectivity index (χ0) is 22.7. The monoisotopic (exact) mass is 438 g/mol. The lowest BCUT2D eigenvalue weighted by Crippen LogP contribution is -2.36. The van der Waals surface area contributed by atoms with Gasteiger partial charge in [0.2, 0.25) is 5.95 Å². The Kier molecular flexibility index (Phi) is 6.63. The molecule has 3 aromatic rings. The van der Waals surface area contributed by atoms with Crippen molar-refractivity contribution in [2.24, 2.45) is 5.92 Å². The Labute approximate surface area is 187 Å². The summed E-state index contributed by atoms with van der Waals surface area (Å²) in [6, 6.07) is 6.30. The van der Waals surface area contributed by atoms with Crippen molar-refractivity contribution in [3.05, 3.63) is 65.2 Å². The molecule has 1 aromatic carbocycles. The number of anilines is 1. The first-order valence-electron chi connectivity index (χ1n) is 11.1. The van der Waals surface area contributed by atoms with Crippen molar-refractivity contribution in [3.8, 4) is 16.9 Å². The molecule has 2 aromatic heterocycles. The summed E-state index contributed by atoms with van der Waals surface area (Å²) in [5.41, 5.74) is 3.88. The Morgan fingerprint density at radius 3 is 2.28 bits per heavy atom. The summed E-state index contributed by atoms with van der Waals surface area (Å²) in [5.74, 6) is -0.741. The van der Waals surface area contributed by atoms with Gasteiger partial charge in [-0.15, -0.1) is 0 Å². The van der Waals surface area contributed by atoms with E-state index in [-0.39, 0.29) is 18.3 Å². The van der Waals surface area contributed by atoms with E-state index in [0.29, 0.717) is 11.1 Å². The topological polar surface area (TPSA) is 51.1 Å². The normalized spacial score (nSPS) is 14.6. The first-order chi connectivity index (χ1) is 15.4. The molecule has 4 rings (SSSR count). The van der Waals surface area contributed by atoms with Gasteiger partial charge in [-0.05, 0) is 68.4 Å². The van der Waals surface area contributed by atoms with Gasteiger partial charge in [-0.1, -0.05) is 13.0 Å². The SMILES string of the molecule is CCc1cnc(N2CCC(COc3c(F)cc(-c4ccc(C)nc4C)cc3F)CC2)nc1. The molecule has 5 nitrogen and oxygen atoms in total. The zero-order valence-electron chi connectivity index (χ0n) is 18.7. The van der Waals surface area contributed by atoms with E-state index in [0.717, 1.165) is 55.3 Å². The van der Waals surface area contributed by atoms with E-state index in [1.807, 2.05) is 38.4 Å². The lowest BCUT2D eigenvalue weighted by molar-refractivity contribution is 0.207. The number of ether oxygens (including phenoxy) is 1. The van der Waals surface area contributed by atoms with Gasteiger partial charge in [0.05, 0.1) is 6.61 Å². The fraction of sp³-hybridized carbons (Fsp3) is 0.400. The Balaban J connectivity index is 1.37. The van der Waals surface area contributed by atoms with Crippen molar-refractivity contribution in [1.29, 1.82) is 0 Å². The van der Waals surface area contributed by atoms with Crippen LogP contribution in [0.25, 0.3) is 11.1 Å². The molecule has 0 aliphatic carbocycles. The molecule has 0 atom stereocenters. The summed E-state index contributed by atoms with van der Waals surface area (Å²) in [6.45, 7) is 7.66. The molecule has 0 saturated carbocycles. The molecule has 3 heterocycles. The average Bonchev–Trinajstić information content (AvgIpc) is 2.79. The first kappa shape index (κ1) is 22.1. The minimum Gasteiger partial charge on any atom is -0.487 e. The number of nitrogens with zero attached hydrogens (tertiary/aromatic N) is 4. The van der Waals surface area contributed by atoms with Crippen LogP contribution in [0.1, 0.15) is 36.7 Å². The zero-order valence-corrected chi connectivity index (χ0v) is 18.7. The molecule has 1 aliphatic heterocycles. The molecule has 0 radical (unpaired) electrons. The van der Waals surface area contributed by atoms with Gasteiger partial charge in [-0.3, -0.25) is 4.98 Å². The Morgan fingerprint density at radius 2 is 1.69 bits per heavy atom. The maximum absolute atomic E-state index is 14.7. The smallest absolute Gasteiger partial charge is 0.225 e. The fourth-order valence-electron chi connectivity index (χ4n) is 4.04. The van der Waals surface area contributed by atoms with E-state index in [1.54, 1.807) is 0 Å². The van der Waals surface area contributed by atoms with Crippen LogP contribution >= 0.6 is 0 Å². The maximum Gasteiger partial charge on any atom is 0.225 e. The highest BCUT2D eigenvalue weighted by Crippen LogP contribution is 2.31. The van der Waals surface area contributed by atoms with E-state index < -0.39 is 11.6 Å². The van der Waals surface area contributed by atoms with Crippen LogP contribution < -0.4 is 9.64 Å². The number of hydrogen-bond acceptors (Lipinski definition) is 5. The largest absolute Gasteiger partial charge is 0.487 e. The summed E-state index contributed by atoms with van der Waals surface area (Å²) in [5, 5.41) is 0. The number of pyridine rings is 1.